The van der Waals surface area contributed by atoms with Gasteiger partial charge in [0, 0.05) is 35.9 Å². The van der Waals surface area contributed by atoms with Crippen molar-refractivity contribution in [1.29, 1.82) is 0 Å². The summed E-state index contributed by atoms with van der Waals surface area (Å²) in [5.41, 5.74) is 5.17. The number of ether oxygens (including phenoxy) is 1. The van der Waals surface area contributed by atoms with Gasteiger partial charge in [0.2, 0.25) is 0 Å². The number of hydrogen-bond donors (Lipinski definition) is 2. The zero-order valence-electron chi connectivity index (χ0n) is 15.1. The number of aliphatic carboxylic acids is 1. The molecule has 2 N–H and O–H groups in total. The summed E-state index contributed by atoms with van der Waals surface area (Å²) in [6, 6.07) is 12.1. The first kappa shape index (κ1) is 17.3. The van der Waals surface area contributed by atoms with Crippen molar-refractivity contribution in [3.8, 4) is 16.9 Å². The first-order valence-corrected chi connectivity index (χ1v) is 8.90. The fraction of sp³-hybridized carbons (Fsp3) is 0.238. The molecule has 0 saturated carbocycles. The summed E-state index contributed by atoms with van der Waals surface area (Å²) in [6.07, 6.45) is 4.71. The standard InChI is InChI=1S/C21H21N3O3/c1-27-19-5-3-2-4-16(19)15-6-9-22-21-17(15)12-18(23-21)14-7-10-24(11-8-14)13-20(25)26/h2-7,9,12H,8,10-11,13H2,1H3,(H,22,23)(H,25,26). The average molecular weight is 363 g/mol. The third kappa shape index (κ3) is 3.44. The van der Waals surface area contributed by atoms with Gasteiger partial charge in [-0.15, -0.1) is 0 Å². The first-order valence-electron chi connectivity index (χ1n) is 8.90. The van der Waals surface area contributed by atoms with Crippen LogP contribution in [-0.2, 0) is 4.79 Å². The summed E-state index contributed by atoms with van der Waals surface area (Å²) in [6.45, 7) is 1.46. The number of rotatable bonds is 5. The Morgan fingerprint density at radius 1 is 1.30 bits per heavy atom. The lowest BCUT2D eigenvalue weighted by Gasteiger charge is -2.24. The zero-order valence-corrected chi connectivity index (χ0v) is 15.1. The van der Waals surface area contributed by atoms with E-state index in [-0.39, 0.29) is 6.54 Å². The molecule has 1 aliphatic rings. The predicted molar refractivity (Wildman–Crippen MR) is 105 cm³/mol. The monoisotopic (exact) mass is 363 g/mol. The van der Waals surface area contributed by atoms with E-state index in [0.29, 0.717) is 6.54 Å². The lowest BCUT2D eigenvalue weighted by molar-refractivity contribution is -0.138. The number of aromatic amines is 1. The molecule has 0 bridgehead atoms. The minimum atomic E-state index is -0.789. The minimum Gasteiger partial charge on any atom is -0.496 e. The van der Waals surface area contributed by atoms with Gasteiger partial charge in [-0.05, 0) is 35.8 Å². The largest absolute Gasteiger partial charge is 0.496 e. The predicted octanol–water partition coefficient (Wildman–Crippen LogP) is 3.41. The highest BCUT2D eigenvalue weighted by Gasteiger charge is 2.18. The Bertz CT molecular complexity index is 1020. The Hall–Kier alpha value is -3.12. The molecular weight excluding hydrogens is 342 g/mol. The van der Waals surface area contributed by atoms with E-state index < -0.39 is 5.97 Å². The fourth-order valence-electron chi connectivity index (χ4n) is 3.59. The van der Waals surface area contributed by atoms with Gasteiger partial charge in [0.05, 0.1) is 13.7 Å². The molecule has 0 aliphatic carbocycles. The van der Waals surface area contributed by atoms with Crippen molar-refractivity contribution >= 4 is 22.6 Å². The maximum Gasteiger partial charge on any atom is 0.317 e. The SMILES string of the molecule is COc1ccccc1-c1ccnc2[nH]c(C3=CCN(CC(=O)O)CC3)cc12. The fourth-order valence-corrected chi connectivity index (χ4v) is 3.59. The third-order valence-corrected chi connectivity index (χ3v) is 4.93. The molecule has 0 amide bonds. The van der Waals surface area contributed by atoms with E-state index in [2.05, 4.69) is 22.1 Å². The Kier molecular flexibility index (Phi) is 4.64. The smallest absolute Gasteiger partial charge is 0.317 e. The highest BCUT2D eigenvalue weighted by Crippen LogP contribution is 2.35. The number of carboxylic acid groups (broad SMARTS) is 1. The van der Waals surface area contributed by atoms with Crippen molar-refractivity contribution in [2.24, 2.45) is 0 Å². The number of H-pyrrole nitrogens is 1. The minimum absolute atomic E-state index is 0.0794. The van der Waals surface area contributed by atoms with Crippen LogP contribution in [0.1, 0.15) is 12.1 Å². The van der Waals surface area contributed by atoms with Crippen LogP contribution in [0.2, 0.25) is 0 Å². The second kappa shape index (κ2) is 7.25. The number of pyridine rings is 1. The molecule has 6 nitrogen and oxygen atoms in total. The van der Waals surface area contributed by atoms with E-state index in [4.69, 9.17) is 9.84 Å². The number of methoxy groups -OCH3 is 1. The molecule has 6 heteroatoms. The van der Waals surface area contributed by atoms with Crippen LogP contribution in [0.25, 0.3) is 27.7 Å². The van der Waals surface area contributed by atoms with Crippen LogP contribution in [0.15, 0.2) is 48.7 Å². The van der Waals surface area contributed by atoms with Crippen LogP contribution in [-0.4, -0.2) is 52.7 Å². The summed E-state index contributed by atoms with van der Waals surface area (Å²) in [5, 5.41) is 9.99. The van der Waals surface area contributed by atoms with Crippen molar-refractivity contribution in [2.75, 3.05) is 26.7 Å². The van der Waals surface area contributed by atoms with Gasteiger partial charge in [0.15, 0.2) is 0 Å². The van der Waals surface area contributed by atoms with E-state index in [1.165, 1.54) is 5.57 Å². The van der Waals surface area contributed by atoms with Crippen molar-refractivity contribution in [2.45, 2.75) is 6.42 Å². The van der Waals surface area contributed by atoms with Crippen molar-refractivity contribution < 1.29 is 14.6 Å². The second-order valence-electron chi connectivity index (χ2n) is 6.61. The Labute approximate surface area is 157 Å². The Morgan fingerprint density at radius 3 is 2.89 bits per heavy atom. The topological polar surface area (TPSA) is 78.5 Å². The highest BCUT2D eigenvalue weighted by molar-refractivity contribution is 5.96. The molecule has 3 aromatic rings. The van der Waals surface area contributed by atoms with Gasteiger partial charge in [-0.1, -0.05) is 24.3 Å². The van der Waals surface area contributed by atoms with Crippen LogP contribution in [0.5, 0.6) is 5.75 Å². The van der Waals surface area contributed by atoms with Gasteiger partial charge in [0.25, 0.3) is 0 Å². The Balaban J connectivity index is 1.70. The van der Waals surface area contributed by atoms with E-state index in [1.54, 1.807) is 13.3 Å². The number of hydrogen-bond acceptors (Lipinski definition) is 4. The van der Waals surface area contributed by atoms with Crippen molar-refractivity contribution in [3.63, 3.8) is 0 Å². The van der Waals surface area contributed by atoms with Gasteiger partial charge in [-0.25, -0.2) is 4.98 Å². The number of carboxylic acids is 1. The van der Waals surface area contributed by atoms with E-state index in [9.17, 15) is 4.79 Å². The molecular formula is C21H21N3O3. The first-order chi connectivity index (χ1) is 13.2. The summed E-state index contributed by atoms with van der Waals surface area (Å²) in [7, 11) is 1.68. The molecule has 0 radical (unpaired) electrons. The third-order valence-electron chi connectivity index (χ3n) is 4.93. The number of benzene rings is 1. The maximum absolute atomic E-state index is 10.9. The van der Waals surface area contributed by atoms with Crippen LogP contribution in [0.4, 0.5) is 0 Å². The van der Waals surface area contributed by atoms with E-state index in [1.807, 2.05) is 35.2 Å². The number of para-hydroxylation sites is 1. The molecule has 138 valence electrons. The molecule has 27 heavy (non-hydrogen) atoms. The van der Waals surface area contributed by atoms with Gasteiger partial charge < -0.3 is 14.8 Å². The average Bonchev–Trinajstić information content (AvgIpc) is 3.12. The molecule has 0 atom stereocenters. The lowest BCUT2D eigenvalue weighted by atomic mass is 10.0. The molecule has 0 unspecified atom stereocenters. The van der Waals surface area contributed by atoms with Crippen LogP contribution < -0.4 is 4.74 Å². The van der Waals surface area contributed by atoms with Crippen LogP contribution in [0.3, 0.4) is 0 Å². The molecule has 0 spiro atoms. The zero-order chi connectivity index (χ0) is 18.8. The van der Waals surface area contributed by atoms with Crippen LogP contribution in [0, 0.1) is 0 Å². The second-order valence-corrected chi connectivity index (χ2v) is 6.61. The molecule has 4 rings (SSSR count). The van der Waals surface area contributed by atoms with Gasteiger partial charge in [0.1, 0.15) is 11.4 Å². The summed E-state index contributed by atoms with van der Waals surface area (Å²) < 4.78 is 5.52. The summed E-state index contributed by atoms with van der Waals surface area (Å²) in [5.74, 6) is 0.0389. The Morgan fingerprint density at radius 2 is 2.15 bits per heavy atom. The normalized spacial score (nSPS) is 14.9. The van der Waals surface area contributed by atoms with Gasteiger partial charge in [-0.2, -0.15) is 0 Å². The van der Waals surface area contributed by atoms with Crippen molar-refractivity contribution in [1.82, 2.24) is 14.9 Å². The number of nitrogens with zero attached hydrogens (tertiary/aromatic N) is 2. The highest BCUT2D eigenvalue weighted by atomic mass is 16.5. The van der Waals surface area contributed by atoms with Crippen LogP contribution >= 0.6 is 0 Å². The molecule has 1 aliphatic heterocycles. The number of carbonyl (C=O) groups is 1. The summed E-state index contributed by atoms with van der Waals surface area (Å²) in [4.78, 5) is 20.7. The summed E-state index contributed by atoms with van der Waals surface area (Å²) >= 11 is 0. The van der Waals surface area contributed by atoms with Gasteiger partial charge in [-0.3, -0.25) is 9.69 Å². The molecule has 2 aromatic heterocycles. The van der Waals surface area contributed by atoms with Crippen molar-refractivity contribution in [3.05, 3.63) is 54.4 Å². The quantitative estimate of drug-likeness (QED) is 0.726. The maximum atomic E-state index is 10.9. The molecule has 1 aromatic carbocycles. The van der Waals surface area contributed by atoms with E-state index in [0.717, 1.165) is 46.6 Å². The number of aromatic nitrogens is 2. The molecule has 3 heterocycles. The lowest BCUT2D eigenvalue weighted by Crippen LogP contribution is -2.33. The van der Waals surface area contributed by atoms with E-state index >= 15 is 0 Å². The number of fused-ring (bicyclic) bond motifs is 1. The number of nitrogens with one attached hydrogen (secondary N) is 1. The van der Waals surface area contributed by atoms with Gasteiger partial charge >= 0.3 is 5.97 Å². The molecule has 0 fully saturated rings. The molecule has 0 saturated heterocycles.